The van der Waals surface area contributed by atoms with Crippen molar-refractivity contribution in [1.82, 2.24) is 0 Å². The number of esters is 1. The van der Waals surface area contributed by atoms with Crippen LogP contribution in [0.3, 0.4) is 0 Å². The van der Waals surface area contributed by atoms with Gasteiger partial charge in [0.2, 0.25) is 0 Å². The van der Waals surface area contributed by atoms with Crippen LogP contribution < -0.4 is 15.5 Å². The Labute approximate surface area is 218 Å². The fourth-order valence-corrected chi connectivity index (χ4v) is 6.00. The highest BCUT2D eigenvalue weighted by Crippen LogP contribution is 2.40. The summed E-state index contributed by atoms with van der Waals surface area (Å²) in [6.07, 6.45) is 4.11. The van der Waals surface area contributed by atoms with Crippen molar-refractivity contribution in [3.8, 4) is 16.9 Å². The number of carbonyl (C=O) groups is 2. The molecule has 1 aliphatic rings. The summed E-state index contributed by atoms with van der Waals surface area (Å²) in [5.41, 5.74) is 2.93. The molecule has 2 aromatic heterocycles. The van der Waals surface area contributed by atoms with E-state index >= 15 is 0 Å². The lowest BCUT2D eigenvalue weighted by Gasteiger charge is -2.18. The monoisotopic (exact) mass is 517 g/mol. The smallest absolute Gasteiger partial charge is 0.341 e. The zero-order valence-electron chi connectivity index (χ0n) is 20.7. The molecule has 1 atom stereocenters. The first-order valence-electron chi connectivity index (χ1n) is 12.3. The van der Waals surface area contributed by atoms with Gasteiger partial charge in [-0.25, -0.2) is 4.79 Å². The Morgan fingerprint density at radius 1 is 1.16 bits per heavy atom. The Balaban J connectivity index is 1.31. The molecule has 7 nitrogen and oxygen atoms in total. The molecule has 1 amide bonds. The van der Waals surface area contributed by atoms with Crippen molar-refractivity contribution >= 4 is 39.2 Å². The number of ether oxygens (including phenoxy) is 2. The molecule has 0 fully saturated rings. The van der Waals surface area contributed by atoms with Gasteiger partial charge in [-0.1, -0.05) is 37.3 Å². The van der Waals surface area contributed by atoms with E-state index in [4.69, 9.17) is 13.9 Å². The molecule has 2 heterocycles. The maximum absolute atomic E-state index is 12.9. The van der Waals surface area contributed by atoms with Crippen molar-refractivity contribution in [3.05, 3.63) is 81.0 Å². The lowest BCUT2D eigenvalue weighted by molar-refractivity contribution is -0.118. The van der Waals surface area contributed by atoms with Crippen LogP contribution in [0.25, 0.3) is 22.1 Å². The first-order valence-corrected chi connectivity index (χ1v) is 13.1. The average Bonchev–Trinajstić information content (AvgIpc) is 3.25. The molecule has 0 bridgehead atoms. The molecule has 37 heavy (non-hydrogen) atoms. The van der Waals surface area contributed by atoms with E-state index in [2.05, 4.69) is 12.2 Å². The minimum Gasteiger partial charge on any atom is -0.484 e. The van der Waals surface area contributed by atoms with Gasteiger partial charge in [-0.3, -0.25) is 9.59 Å². The molecular weight excluding hydrogens is 490 g/mol. The van der Waals surface area contributed by atoms with Crippen molar-refractivity contribution < 1.29 is 23.5 Å². The minimum absolute atomic E-state index is 0.140. The van der Waals surface area contributed by atoms with Crippen molar-refractivity contribution in [1.29, 1.82) is 0 Å². The van der Waals surface area contributed by atoms with E-state index < -0.39 is 11.9 Å². The van der Waals surface area contributed by atoms with Crippen molar-refractivity contribution in [3.63, 3.8) is 0 Å². The molecular formula is C29H27NO6S. The van der Waals surface area contributed by atoms with E-state index in [1.54, 1.807) is 25.1 Å². The molecule has 0 saturated carbocycles. The Kier molecular flexibility index (Phi) is 7.10. The Bertz CT molecular complexity index is 1520. The summed E-state index contributed by atoms with van der Waals surface area (Å²) in [5, 5.41) is 3.77. The third-order valence-electron chi connectivity index (χ3n) is 6.44. The molecule has 1 aliphatic carbocycles. The Morgan fingerprint density at radius 3 is 2.76 bits per heavy atom. The maximum Gasteiger partial charge on any atom is 0.341 e. The zero-order valence-corrected chi connectivity index (χ0v) is 21.5. The van der Waals surface area contributed by atoms with Crippen LogP contribution in [-0.2, 0) is 22.4 Å². The molecule has 8 heteroatoms. The largest absolute Gasteiger partial charge is 0.484 e. The number of benzene rings is 2. The lowest BCUT2D eigenvalue weighted by Crippen LogP contribution is -2.21. The fraction of sp³-hybridized carbons (Fsp3) is 0.276. The van der Waals surface area contributed by atoms with Gasteiger partial charge in [0.15, 0.2) is 12.0 Å². The summed E-state index contributed by atoms with van der Waals surface area (Å²) in [6.45, 7) is 3.95. The van der Waals surface area contributed by atoms with Gasteiger partial charge in [0.25, 0.3) is 5.91 Å². The van der Waals surface area contributed by atoms with E-state index in [9.17, 15) is 14.4 Å². The third kappa shape index (κ3) is 5.15. The SMILES string of the molecule is CCOC(=O)c1c(NC(=O)COc2ccc3c(=O)c(-c4ccccc4)coc3c2)sc2c1CCC(C)C2. The van der Waals surface area contributed by atoms with Gasteiger partial charge in [-0.05, 0) is 55.4 Å². The number of carbonyl (C=O) groups excluding carboxylic acids is 2. The van der Waals surface area contributed by atoms with Gasteiger partial charge in [0.05, 0.1) is 23.1 Å². The number of hydrogen-bond acceptors (Lipinski definition) is 7. The third-order valence-corrected chi connectivity index (χ3v) is 7.61. The van der Waals surface area contributed by atoms with Gasteiger partial charge in [-0.2, -0.15) is 0 Å². The lowest BCUT2D eigenvalue weighted by atomic mass is 9.88. The molecule has 5 rings (SSSR count). The van der Waals surface area contributed by atoms with Crippen molar-refractivity contribution in [2.24, 2.45) is 5.92 Å². The predicted octanol–water partition coefficient (Wildman–Crippen LogP) is 5.84. The molecule has 4 aromatic rings. The summed E-state index contributed by atoms with van der Waals surface area (Å²) in [6, 6.07) is 14.2. The molecule has 0 aliphatic heterocycles. The van der Waals surface area contributed by atoms with Crippen LogP contribution in [0.15, 0.2) is 64.0 Å². The molecule has 190 valence electrons. The molecule has 0 radical (unpaired) electrons. The minimum atomic E-state index is -0.412. The highest BCUT2D eigenvalue weighted by molar-refractivity contribution is 7.17. The van der Waals surface area contributed by atoms with Crippen LogP contribution in [0.1, 0.15) is 41.1 Å². The van der Waals surface area contributed by atoms with Crippen molar-refractivity contribution in [2.75, 3.05) is 18.5 Å². The van der Waals surface area contributed by atoms with E-state index in [1.807, 2.05) is 30.3 Å². The van der Waals surface area contributed by atoms with Gasteiger partial charge in [-0.15, -0.1) is 11.3 Å². The molecule has 1 unspecified atom stereocenters. The quantitative estimate of drug-likeness (QED) is 0.310. The van der Waals surface area contributed by atoms with Crippen LogP contribution in [-0.4, -0.2) is 25.1 Å². The normalized spacial score (nSPS) is 14.7. The Morgan fingerprint density at radius 2 is 1.97 bits per heavy atom. The summed E-state index contributed by atoms with van der Waals surface area (Å²) in [7, 11) is 0. The van der Waals surface area contributed by atoms with Crippen molar-refractivity contribution in [2.45, 2.75) is 33.1 Å². The number of hydrogen-bond donors (Lipinski definition) is 1. The number of thiophene rings is 1. The fourth-order valence-electron chi connectivity index (χ4n) is 4.59. The Hall–Kier alpha value is -3.91. The molecule has 1 N–H and O–H groups in total. The summed E-state index contributed by atoms with van der Waals surface area (Å²) in [4.78, 5) is 39.5. The summed E-state index contributed by atoms with van der Waals surface area (Å²) in [5.74, 6) is 0.122. The van der Waals surface area contributed by atoms with Gasteiger partial charge in [0.1, 0.15) is 22.6 Å². The second kappa shape index (κ2) is 10.6. The molecule has 0 saturated heterocycles. The first-order chi connectivity index (χ1) is 17.9. The van der Waals surface area contributed by atoms with E-state index in [1.165, 1.54) is 17.6 Å². The number of fused-ring (bicyclic) bond motifs is 2. The molecule has 0 spiro atoms. The standard InChI is InChI=1S/C29H27NO6S/c1-3-34-29(33)26-21-11-9-17(2)13-24(21)37-28(26)30-25(31)16-35-19-10-12-20-23(14-19)36-15-22(27(20)32)18-7-5-4-6-8-18/h4-8,10,12,14-15,17H,3,9,11,13,16H2,1-2H3,(H,30,31). The van der Waals surface area contributed by atoms with Gasteiger partial charge < -0.3 is 19.2 Å². The van der Waals surface area contributed by atoms with E-state index in [0.717, 1.165) is 35.3 Å². The van der Waals surface area contributed by atoms with E-state index in [-0.39, 0.29) is 18.6 Å². The van der Waals surface area contributed by atoms with Crippen LogP contribution in [0.4, 0.5) is 5.00 Å². The highest BCUT2D eigenvalue weighted by Gasteiger charge is 2.29. The van der Waals surface area contributed by atoms with Crippen LogP contribution >= 0.6 is 11.3 Å². The van der Waals surface area contributed by atoms with Gasteiger partial charge >= 0.3 is 5.97 Å². The highest BCUT2D eigenvalue weighted by atomic mass is 32.1. The number of amides is 1. The average molecular weight is 518 g/mol. The first kappa shape index (κ1) is 24.8. The van der Waals surface area contributed by atoms with Crippen LogP contribution in [0.2, 0.25) is 0 Å². The van der Waals surface area contributed by atoms with Crippen LogP contribution in [0.5, 0.6) is 5.75 Å². The topological polar surface area (TPSA) is 94.8 Å². The second-order valence-corrected chi connectivity index (χ2v) is 10.2. The number of anilines is 1. The zero-order chi connectivity index (χ0) is 25.9. The van der Waals surface area contributed by atoms with Gasteiger partial charge in [0, 0.05) is 10.9 Å². The van der Waals surface area contributed by atoms with E-state index in [0.29, 0.717) is 38.8 Å². The molecule has 2 aromatic carbocycles. The number of nitrogens with one attached hydrogen (secondary N) is 1. The summed E-state index contributed by atoms with van der Waals surface area (Å²) < 4.78 is 16.7. The second-order valence-electron chi connectivity index (χ2n) is 9.12. The maximum atomic E-state index is 12.9. The summed E-state index contributed by atoms with van der Waals surface area (Å²) >= 11 is 1.43. The van der Waals surface area contributed by atoms with Crippen LogP contribution in [0, 0.1) is 5.92 Å². The predicted molar refractivity (Wildman–Crippen MR) is 144 cm³/mol. The number of rotatable bonds is 7.